The van der Waals surface area contributed by atoms with E-state index in [4.69, 9.17) is 0 Å². The van der Waals surface area contributed by atoms with Crippen LogP contribution in [0.4, 0.5) is 5.69 Å². The highest BCUT2D eigenvalue weighted by atomic mass is 32.2. The first-order valence-corrected chi connectivity index (χ1v) is 6.36. The molecule has 0 saturated heterocycles. The third-order valence-electron chi connectivity index (χ3n) is 2.31. The highest BCUT2D eigenvalue weighted by Gasteiger charge is 2.16. The fourth-order valence-corrected chi connectivity index (χ4v) is 1.71. The molecule has 9 heteroatoms. The summed E-state index contributed by atoms with van der Waals surface area (Å²) in [6.07, 6.45) is 0. The Hall–Kier alpha value is -2.13. The molecule has 0 aliphatic carbocycles. The van der Waals surface area contributed by atoms with Crippen LogP contribution in [0.25, 0.3) is 0 Å². The lowest BCUT2D eigenvalue weighted by molar-refractivity contribution is 0.0599. The Morgan fingerprint density at radius 2 is 1.45 bits per heavy atom. The van der Waals surface area contributed by atoms with Gasteiger partial charge in [0.25, 0.3) is 11.0 Å². The van der Waals surface area contributed by atoms with Crippen LogP contribution in [0.5, 0.6) is 0 Å². The van der Waals surface area contributed by atoms with Crippen LogP contribution in [-0.4, -0.2) is 41.6 Å². The van der Waals surface area contributed by atoms with Gasteiger partial charge in [0, 0.05) is 7.05 Å². The van der Waals surface area contributed by atoms with E-state index < -0.39 is 22.9 Å². The van der Waals surface area contributed by atoms with Crippen LogP contribution in [0, 0.1) is 0 Å². The van der Waals surface area contributed by atoms with Crippen molar-refractivity contribution in [2.24, 2.45) is 0 Å². The van der Waals surface area contributed by atoms with Crippen molar-refractivity contribution in [2.75, 3.05) is 26.3 Å². The molecule has 20 heavy (non-hydrogen) atoms. The average Bonchev–Trinajstić information content (AvgIpc) is 2.44. The Morgan fingerprint density at radius 3 is 1.80 bits per heavy atom. The number of hydrogen-bond acceptors (Lipinski definition) is 8. The first kappa shape index (κ1) is 15.9. The van der Waals surface area contributed by atoms with Gasteiger partial charge in [0.15, 0.2) is 0 Å². The van der Waals surface area contributed by atoms with Gasteiger partial charge in [0.1, 0.15) is 0 Å². The Labute approximate surface area is 117 Å². The van der Waals surface area contributed by atoms with Crippen LogP contribution in [0.3, 0.4) is 0 Å². The molecule has 0 heterocycles. The number of rotatable bonds is 5. The van der Waals surface area contributed by atoms with E-state index in [1.807, 2.05) is 0 Å². The molecule has 0 fully saturated rings. The molecule has 1 aromatic rings. The van der Waals surface area contributed by atoms with Gasteiger partial charge in [-0.3, -0.25) is 0 Å². The van der Waals surface area contributed by atoms with Crippen molar-refractivity contribution >= 4 is 28.6 Å². The zero-order chi connectivity index (χ0) is 15.3. The predicted molar refractivity (Wildman–Crippen MR) is 68.9 cm³/mol. The quantitative estimate of drug-likeness (QED) is 0.466. The maximum absolute atomic E-state index is 11.5. The van der Waals surface area contributed by atoms with Crippen molar-refractivity contribution in [3.05, 3.63) is 29.3 Å². The summed E-state index contributed by atoms with van der Waals surface area (Å²) in [5.41, 5.74) is 0.288. The van der Waals surface area contributed by atoms with Crippen LogP contribution >= 0.6 is 0 Å². The van der Waals surface area contributed by atoms with E-state index in [0.29, 0.717) is 0 Å². The van der Waals surface area contributed by atoms with Crippen molar-refractivity contribution in [3.8, 4) is 0 Å². The normalized spacial score (nSPS) is 10.2. The Morgan fingerprint density at radius 1 is 1.00 bits per heavy atom. The van der Waals surface area contributed by atoms with E-state index in [0.717, 1.165) is 5.06 Å². The molecule has 0 saturated carbocycles. The summed E-state index contributed by atoms with van der Waals surface area (Å²) in [5.74, 6) is -1.37. The van der Waals surface area contributed by atoms with Gasteiger partial charge in [0.2, 0.25) is 0 Å². The minimum Gasteiger partial charge on any atom is -0.465 e. The first-order valence-electron chi connectivity index (χ1n) is 5.27. The standard InChI is InChI=1S/C11H13NO7S/c1-12(19-20(15)16)9-5-7(10(13)17-2)4-8(6-9)11(14)18-3/h4-6,20H,1-3H3. The maximum Gasteiger partial charge on any atom is 0.337 e. The van der Waals surface area contributed by atoms with E-state index in [1.54, 1.807) is 0 Å². The van der Waals surface area contributed by atoms with Gasteiger partial charge in [-0.2, -0.15) is 4.28 Å². The summed E-state index contributed by atoms with van der Waals surface area (Å²) in [6, 6.07) is 3.90. The first-order chi connectivity index (χ1) is 9.38. The van der Waals surface area contributed by atoms with Crippen molar-refractivity contribution in [2.45, 2.75) is 0 Å². The van der Waals surface area contributed by atoms with Gasteiger partial charge in [-0.15, -0.1) is 0 Å². The number of hydrogen-bond donors (Lipinski definition) is 1. The number of esters is 2. The predicted octanol–water partition coefficient (Wildman–Crippen LogP) is 0.154. The molecule has 0 aromatic heterocycles. The number of methoxy groups -OCH3 is 2. The lowest BCUT2D eigenvalue weighted by atomic mass is 10.1. The van der Waals surface area contributed by atoms with E-state index in [-0.39, 0.29) is 16.8 Å². The van der Waals surface area contributed by atoms with Crippen molar-refractivity contribution in [1.82, 2.24) is 0 Å². The molecule has 0 spiro atoms. The van der Waals surface area contributed by atoms with Gasteiger partial charge in [0.05, 0.1) is 31.0 Å². The minimum absolute atomic E-state index is 0.0574. The molecular weight excluding hydrogens is 290 g/mol. The Bertz CT molecular complexity index is 554. The molecule has 0 radical (unpaired) electrons. The monoisotopic (exact) mass is 303 g/mol. The Kier molecular flexibility index (Phi) is 5.47. The summed E-state index contributed by atoms with van der Waals surface area (Å²) >= 11 is 0. The number of nitrogens with zero attached hydrogens (tertiary/aromatic N) is 1. The van der Waals surface area contributed by atoms with Crippen LogP contribution in [0.15, 0.2) is 18.2 Å². The summed E-state index contributed by atoms with van der Waals surface area (Å²) in [7, 11) is 0.545. The van der Waals surface area contributed by atoms with E-state index >= 15 is 0 Å². The molecule has 0 aliphatic rings. The molecule has 0 bridgehead atoms. The van der Waals surface area contributed by atoms with E-state index in [9.17, 15) is 18.0 Å². The molecule has 0 N–H and O–H groups in total. The number of thiol groups is 1. The fraction of sp³-hybridized carbons (Fsp3) is 0.273. The summed E-state index contributed by atoms with van der Waals surface area (Å²) < 4.78 is 34.6. The lowest BCUT2D eigenvalue weighted by Crippen LogP contribution is -2.18. The molecule has 0 amide bonds. The zero-order valence-electron chi connectivity index (χ0n) is 11.0. The molecule has 1 aromatic carbocycles. The molecule has 110 valence electrons. The van der Waals surface area contributed by atoms with Gasteiger partial charge in [-0.25, -0.2) is 23.1 Å². The highest BCUT2D eigenvalue weighted by molar-refractivity contribution is 7.67. The number of benzene rings is 1. The van der Waals surface area contributed by atoms with Gasteiger partial charge < -0.3 is 9.47 Å². The van der Waals surface area contributed by atoms with Crippen LogP contribution < -0.4 is 5.06 Å². The summed E-state index contributed by atoms with van der Waals surface area (Å²) in [4.78, 5) is 23.0. The molecule has 0 unspecified atom stereocenters. The van der Waals surface area contributed by atoms with Crippen molar-refractivity contribution in [1.29, 1.82) is 0 Å². The highest BCUT2D eigenvalue weighted by Crippen LogP contribution is 2.20. The maximum atomic E-state index is 11.5. The second-order valence-electron chi connectivity index (χ2n) is 3.55. The molecule has 0 atom stereocenters. The minimum atomic E-state index is -3.13. The molecule has 0 aliphatic heterocycles. The average molecular weight is 303 g/mol. The van der Waals surface area contributed by atoms with Crippen molar-refractivity contribution in [3.63, 3.8) is 0 Å². The smallest absolute Gasteiger partial charge is 0.337 e. The van der Waals surface area contributed by atoms with Gasteiger partial charge in [-0.05, 0) is 18.2 Å². The number of anilines is 1. The van der Waals surface area contributed by atoms with E-state index in [2.05, 4.69) is 13.8 Å². The van der Waals surface area contributed by atoms with Gasteiger partial charge in [-0.1, -0.05) is 0 Å². The van der Waals surface area contributed by atoms with E-state index in [1.165, 1.54) is 39.5 Å². The SMILES string of the molecule is COC(=O)c1cc(C(=O)OC)cc(N(C)O[SH](=O)=O)c1. The third kappa shape index (κ3) is 3.93. The molecule has 8 nitrogen and oxygen atoms in total. The molecular formula is C11H13NO7S. The lowest BCUT2D eigenvalue weighted by Gasteiger charge is -2.16. The Balaban J connectivity index is 3.29. The second-order valence-corrected chi connectivity index (χ2v) is 4.16. The van der Waals surface area contributed by atoms with Crippen molar-refractivity contribution < 1.29 is 31.8 Å². The topological polar surface area (TPSA) is 99.2 Å². The zero-order valence-corrected chi connectivity index (χ0v) is 11.9. The summed E-state index contributed by atoms with van der Waals surface area (Å²) in [6.45, 7) is 0. The largest absolute Gasteiger partial charge is 0.465 e. The van der Waals surface area contributed by atoms with Crippen LogP contribution in [-0.2, 0) is 24.7 Å². The van der Waals surface area contributed by atoms with Crippen LogP contribution in [0.1, 0.15) is 20.7 Å². The number of hydroxylamine groups is 1. The number of carbonyl (C=O) groups excluding carboxylic acids is 2. The summed E-state index contributed by atoms with van der Waals surface area (Å²) in [5, 5.41) is 0.893. The van der Waals surface area contributed by atoms with Crippen LogP contribution in [0.2, 0.25) is 0 Å². The molecule has 1 rings (SSSR count). The number of ether oxygens (including phenoxy) is 2. The third-order valence-corrected chi connectivity index (χ3v) is 2.69. The number of carbonyl (C=O) groups is 2. The second kappa shape index (κ2) is 6.87. The van der Waals surface area contributed by atoms with Gasteiger partial charge >= 0.3 is 11.9 Å². The fourth-order valence-electron chi connectivity index (χ4n) is 1.41.